The Bertz CT molecular complexity index is 757. The first-order chi connectivity index (χ1) is 11.1. The molecular formula is C18H18N4O. The molecule has 0 spiro atoms. The first-order valence-electron chi connectivity index (χ1n) is 7.42. The standard InChI is InChI=1S/C18H18N4O/c1-13-12-16(22(2)21-13)18(23)20-17(14-8-4-3-5-9-14)15-10-6-7-11-19-15/h3-12,17H,1-2H3,(H,20,23). The van der Waals surface area contributed by atoms with E-state index in [-0.39, 0.29) is 11.9 Å². The Balaban J connectivity index is 1.93. The van der Waals surface area contributed by atoms with Gasteiger partial charge in [-0.05, 0) is 30.7 Å². The molecule has 0 saturated heterocycles. The zero-order chi connectivity index (χ0) is 16.2. The highest BCUT2D eigenvalue weighted by atomic mass is 16.2. The summed E-state index contributed by atoms with van der Waals surface area (Å²) in [5.41, 5.74) is 3.12. The van der Waals surface area contributed by atoms with Gasteiger partial charge < -0.3 is 5.32 Å². The molecular weight excluding hydrogens is 288 g/mol. The number of carbonyl (C=O) groups excluding carboxylic acids is 1. The molecule has 3 rings (SSSR count). The predicted octanol–water partition coefficient (Wildman–Crippen LogP) is 2.64. The van der Waals surface area contributed by atoms with Crippen molar-refractivity contribution < 1.29 is 4.79 Å². The zero-order valence-corrected chi connectivity index (χ0v) is 13.1. The molecule has 0 saturated carbocycles. The fraction of sp³-hybridized carbons (Fsp3) is 0.167. The van der Waals surface area contributed by atoms with Gasteiger partial charge in [-0.25, -0.2) is 0 Å². The molecule has 5 heteroatoms. The van der Waals surface area contributed by atoms with Gasteiger partial charge >= 0.3 is 0 Å². The van der Waals surface area contributed by atoms with Crippen LogP contribution < -0.4 is 5.32 Å². The van der Waals surface area contributed by atoms with Crippen molar-refractivity contribution >= 4 is 5.91 Å². The van der Waals surface area contributed by atoms with Crippen LogP contribution in [0, 0.1) is 6.92 Å². The molecule has 0 fully saturated rings. The van der Waals surface area contributed by atoms with E-state index in [1.54, 1.807) is 24.0 Å². The van der Waals surface area contributed by atoms with E-state index in [0.717, 1.165) is 17.0 Å². The van der Waals surface area contributed by atoms with Gasteiger partial charge in [0.1, 0.15) is 5.69 Å². The maximum atomic E-state index is 12.6. The summed E-state index contributed by atoms with van der Waals surface area (Å²) in [6.45, 7) is 1.87. The minimum absolute atomic E-state index is 0.174. The van der Waals surface area contributed by atoms with Crippen LogP contribution in [0.15, 0.2) is 60.8 Å². The maximum Gasteiger partial charge on any atom is 0.270 e. The van der Waals surface area contributed by atoms with E-state index in [1.165, 1.54) is 0 Å². The third-order valence-electron chi connectivity index (χ3n) is 3.63. The minimum Gasteiger partial charge on any atom is -0.338 e. The first-order valence-corrected chi connectivity index (χ1v) is 7.42. The number of pyridine rings is 1. The molecule has 1 atom stereocenters. The number of nitrogens with zero attached hydrogens (tertiary/aromatic N) is 3. The molecule has 0 aliphatic rings. The average Bonchev–Trinajstić information content (AvgIpc) is 2.92. The van der Waals surface area contributed by atoms with E-state index < -0.39 is 0 Å². The summed E-state index contributed by atoms with van der Waals surface area (Å²) in [6.07, 6.45) is 1.73. The van der Waals surface area contributed by atoms with Crippen molar-refractivity contribution in [2.45, 2.75) is 13.0 Å². The van der Waals surface area contributed by atoms with E-state index in [4.69, 9.17) is 0 Å². The Morgan fingerprint density at radius 2 is 1.87 bits per heavy atom. The lowest BCUT2D eigenvalue weighted by Gasteiger charge is -2.18. The molecule has 5 nitrogen and oxygen atoms in total. The van der Waals surface area contributed by atoms with Gasteiger partial charge in [-0.1, -0.05) is 36.4 Å². The van der Waals surface area contributed by atoms with Gasteiger partial charge in [-0.2, -0.15) is 5.10 Å². The molecule has 3 aromatic rings. The number of carbonyl (C=O) groups is 1. The van der Waals surface area contributed by atoms with Gasteiger partial charge in [0.15, 0.2) is 0 Å². The lowest BCUT2D eigenvalue weighted by molar-refractivity contribution is 0.0933. The quantitative estimate of drug-likeness (QED) is 0.806. The van der Waals surface area contributed by atoms with E-state index in [2.05, 4.69) is 15.4 Å². The third kappa shape index (κ3) is 3.29. The molecule has 116 valence electrons. The van der Waals surface area contributed by atoms with Gasteiger partial charge in [-0.15, -0.1) is 0 Å². The van der Waals surface area contributed by atoms with Gasteiger partial charge in [0.25, 0.3) is 5.91 Å². The summed E-state index contributed by atoms with van der Waals surface area (Å²) in [5.74, 6) is -0.174. The highest BCUT2D eigenvalue weighted by Gasteiger charge is 2.20. The van der Waals surface area contributed by atoms with Crippen molar-refractivity contribution in [3.05, 3.63) is 83.4 Å². The van der Waals surface area contributed by atoms with Crippen LogP contribution in [0.25, 0.3) is 0 Å². The van der Waals surface area contributed by atoms with Crippen LogP contribution in [0.1, 0.15) is 33.5 Å². The second-order valence-corrected chi connectivity index (χ2v) is 5.37. The van der Waals surface area contributed by atoms with Gasteiger partial charge in [0.05, 0.1) is 17.4 Å². The topological polar surface area (TPSA) is 59.8 Å². The molecule has 23 heavy (non-hydrogen) atoms. The van der Waals surface area contributed by atoms with Crippen molar-refractivity contribution in [2.75, 3.05) is 0 Å². The number of aryl methyl sites for hydroxylation is 2. The molecule has 2 heterocycles. The Hall–Kier alpha value is -2.95. The summed E-state index contributed by atoms with van der Waals surface area (Å²) in [5, 5.41) is 7.28. The van der Waals surface area contributed by atoms with Crippen LogP contribution >= 0.6 is 0 Å². The SMILES string of the molecule is Cc1cc(C(=O)NC(c2ccccc2)c2ccccn2)n(C)n1. The van der Waals surface area contributed by atoms with Crippen molar-refractivity contribution in [1.82, 2.24) is 20.1 Å². The highest BCUT2D eigenvalue weighted by Crippen LogP contribution is 2.20. The molecule has 1 N–H and O–H groups in total. The number of hydrogen-bond donors (Lipinski definition) is 1. The van der Waals surface area contributed by atoms with E-state index in [1.807, 2.05) is 55.5 Å². The fourth-order valence-electron chi connectivity index (χ4n) is 2.55. The normalized spacial score (nSPS) is 11.9. The lowest BCUT2D eigenvalue weighted by atomic mass is 10.0. The van der Waals surface area contributed by atoms with Crippen molar-refractivity contribution in [1.29, 1.82) is 0 Å². The molecule has 1 unspecified atom stereocenters. The monoisotopic (exact) mass is 306 g/mol. The second-order valence-electron chi connectivity index (χ2n) is 5.37. The van der Waals surface area contributed by atoms with Crippen molar-refractivity contribution in [3.63, 3.8) is 0 Å². The van der Waals surface area contributed by atoms with Gasteiger partial charge in [0, 0.05) is 13.2 Å². The summed E-state index contributed by atoms with van der Waals surface area (Å²) >= 11 is 0. The number of amides is 1. The predicted molar refractivity (Wildman–Crippen MR) is 87.9 cm³/mol. The largest absolute Gasteiger partial charge is 0.338 e. The Morgan fingerprint density at radius 3 is 2.48 bits per heavy atom. The molecule has 0 aliphatic carbocycles. The molecule has 0 bridgehead atoms. The van der Waals surface area contributed by atoms with Crippen LogP contribution in [0.2, 0.25) is 0 Å². The summed E-state index contributed by atoms with van der Waals surface area (Å²) in [4.78, 5) is 17.0. The molecule has 1 amide bonds. The van der Waals surface area contributed by atoms with Crippen LogP contribution in [0.5, 0.6) is 0 Å². The highest BCUT2D eigenvalue weighted by molar-refractivity contribution is 5.93. The molecule has 0 aliphatic heterocycles. The van der Waals surface area contributed by atoms with Crippen LogP contribution in [0.3, 0.4) is 0 Å². The molecule has 0 radical (unpaired) electrons. The Kier molecular flexibility index (Phi) is 4.19. The maximum absolute atomic E-state index is 12.6. The van der Waals surface area contributed by atoms with Gasteiger partial charge in [0.2, 0.25) is 0 Å². The fourth-order valence-corrected chi connectivity index (χ4v) is 2.55. The first kappa shape index (κ1) is 15.0. The zero-order valence-electron chi connectivity index (χ0n) is 13.1. The Labute approximate surface area is 135 Å². The molecule has 1 aromatic carbocycles. The number of rotatable bonds is 4. The van der Waals surface area contributed by atoms with Crippen molar-refractivity contribution in [3.8, 4) is 0 Å². The van der Waals surface area contributed by atoms with Crippen molar-refractivity contribution in [2.24, 2.45) is 7.05 Å². The number of hydrogen-bond acceptors (Lipinski definition) is 3. The average molecular weight is 306 g/mol. The van der Waals surface area contributed by atoms with Crippen LogP contribution in [0.4, 0.5) is 0 Å². The van der Waals surface area contributed by atoms with Crippen LogP contribution in [-0.2, 0) is 7.05 Å². The lowest BCUT2D eigenvalue weighted by Crippen LogP contribution is -2.31. The summed E-state index contributed by atoms with van der Waals surface area (Å²) in [7, 11) is 1.76. The Morgan fingerprint density at radius 1 is 1.13 bits per heavy atom. The minimum atomic E-state index is -0.305. The van der Waals surface area contributed by atoms with E-state index >= 15 is 0 Å². The smallest absolute Gasteiger partial charge is 0.270 e. The summed E-state index contributed by atoms with van der Waals surface area (Å²) in [6, 6.07) is 17.0. The summed E-state index contributed by atoms with van der Waals surface area (Å²) < 4.78 is 1.59. The third-order valence-corrected chi connectivity index (χ3v) is 3.63. The van der Waals surface area contributed by atoms with Gasteiger partial charge in [-0.3, -0.25) is 14.5 Å². The second kappa shape index (κ2) is 6.44. The number of nitrogens with one attached hydrogen (secondary N) is 1. The number of benzene rings is 1. The molecule has 2 aromatic heterocycles. The van der Waals surface area contributed by atoms with E-state index in [9.17, 15) is 4.79 Å². The number of aromatic nitrogens is 3. The van der Waals surface area contributed by atoms with E-state index in [0.29, 0.717) is 5.69 Å². The van der Waals surface area contributed by atoms with Crippen LogP contribution in [-0.4, -0.2) is 20.7 Å².